The maximum Gasteiger partial charge on any atom is 0.222 e. The number of H-pyrrole nitrogens is 1. The number of hydrogen-bond acceptors (Lipinski definition) is 3. The van der Waals surface area contributed by atoms with E-state index in [0.717, 1.165) is 22.9 Å². The molecule has 3 aromatic rings. The Balaban J connectivity index is 1.26. The molecule has 0 saturated carbocycles. The minimum absolute atomic E-state index is 0.0227. The summed E-state index contributed by atoms with van der Waals surface area (Å²) in [4.78, 5) is 28.8. The maximum absolute atomic E-state index is 13.4. The van der Waals surface area contributed by atoms with E-state index in [9.17, 15) is 14.0 Å². The number of amides is 1. The van der Waals surface area contributed by atoms with Crippen molar-refractivity contribution in [3.05, 3.63) is 71.7 Å². The number of ether oxygens (including phenoxy) is 1. The van der Waals surface area contributed by atoms with E-state index in [2.05, 4.69) is 11.1 Å². The van der Waals surface area contributed by atoms with Gasteiger partial charge in [-0.25, -0.2) is 4.39 Å². The first-order chi connectivity index (χ1) is 15.0. The molecule has 31 heavy (non-hydrogen) atoms. The van der Waals surface area contributed by atoms with Crippen LogP contribution < -0.4 is 4.74 Å². The Morgan fingerprint density at radius 1 is 1.16 bits per heavy atom. The van der Waals surface area contributed by atoms with E-state index in [4.69, 9.17) is 4.74 Å². The molecule has 0 unspecified atom stereocenters. The molecule has 2 aromatic carbocycles. The van der Waals surface area contributed by atoms with Crippen LogP contribution in [0.1, 0.15) is 42.1 Å². The van der Waals surface area contributed by atoms with Crippen molar-refractivity contribution < 1.29 is 18.7 Å². The molecule has 160 valence electrons. The fraction of sp³-hybridized carbons (Fsp3) is 0.280. The van der Waals surface area contributed by atoms with Crippen LogP contribution >= 0.6 is 0 Å². The van der Waals surface area contributed by atoms with Crippen molar-refractivity contribution in [2.45, 2.75) is 26.2 Å². The lowest BCUT2D eigenvalue weighted by molar-refractivity contribution is -0.131. The highest BCUT2D eigenvalue weighted by Gasteiger charge is 2.19. The van der Waals surface area contributed by atoms with Crippen LogP contribution in [-0.2, 0) is 4.79 Å². The van der Waals surface area contributed by atoms with E-state index < -0.39 is 0 Å². The zero-order chi connectivity index (χ0) is 21.8. The lowest BCUT2D eigenvalue weighted by atomic mass is 9.98. The molecule has 1 aliphatic heterocycles. The Bertz CT molecular complexity index is 1130. The third-order valence-corrected chi connectivity index (χ3v) is 5.62. The second-order valence-electron chi connectivity index (χ2n) is 7.74. The summed E-state index contributed by atoms with van der Waals surface area (Å²) in [5.74, 6) is 0.579. The summed E-state index contributed by atoms with van der Waals surface area (Å²) >= 11 is 0. The number of carbonyl (C=O) groups excluding carboxylic acids is 2. The molecular formula is C25H25FN2O3. The molecule has 6 heteroatoms. The van der Waals surface area contributed by atoms with Gasteiger partial charge in [0.15, 0.2) is 5.78 Å². The second-order valence-corrected chi connectivity index (χ2v) is 7.74. The van der Waals surface area contributed by atoms with Crippen LogP contribution in [0.5, 0.6) is 5.75 Å². The van der Waals surface area contributed by atoms with Crippen LogP contribution in [-0.4, -0.2) is 41.3 Å². The number of aromatic amines is 1. The Morgan fingerprint density at radius 3 is 2.68 bits per heavy atom. The largest absolute Gasteiger partial charge is 0.494 e. The number of nitrogens with one attached hydrogen (secondary N) is 1. The molecule has 0 saturated heterocycles. The van der Waals surface area contributed by atoms with Crippen molar-refractivity contribution in [1.82, 2.24) is 9.88 Å². The average molecular weight is 420 g/mol. The third kappa shape index (κ3) is 4.85. The standard InChI is InChI=1S/C25H25FN2O3/c1-17(29)18-4-7-21(8-5-18)31-14-2-3-25(30)28-12-10-19(11-13-28)23-16-27-24-15-20(26)6-9-22(23)24/h4-10,15-16,27H,2-3,11-14H2,1H3. The smallest absolute Gasteiger partial charge is 0.222 e. The molecule has 1 amide bonds. The van der Waals surface area contributed by atoms with Gasteiger partial charge in [0.2, 0.25) is 5.91 Å². The Morgan fingerprint density at radius 2 is 1.97 bits per heavy atom. The van der Waals surface area contributed by atoms with Gasteiger partial charge in [0.25, 0.3) is 0 Å². The van der Waals surface area contributed by atoms with E-state index in [-0.39, 0.29) is 17.5 Å². The van der Waals surface area contributed by atoms with Crippen LogP contribution in [0.4, 0.5) is 4.39 Å². The molecule has 0 bridgehead atoms. The van der Waals surface area contributed by atoms with Crippen molar-refractivity contribution in [3.8, 4) is 5.75 Å². The van der Waals surface area contributed by atoms with Gasteiger partial charge in [-0.1, -0.05) is 6.08 Å². The van der Waals surface area contributed by atoms with Gasteiger partial charge in [0.05, 0.1) is 6.61 Å². The van der Waals surface area contributed by atoms with Crippen LogP contribution in [0.15, 0.2) is 54.7 Å². The number of aromatic nitrogens is 1. The summed E-state index contributed by atoms with van der Waals surface area (Å²) in [6.07, 6.45) is 5.83. The first-order valence-corrected chi connectivity index (χ1v) is 10.5. The molecule has 0 aliphatic carbocycles. The zero-order valence-electron chi connectivity index (χ0n) is 17.5. The highest BCUT2D eigenvalue weighted by molar-refractivity contribution is 5.94. The van der Waals surface area contributed by atoms with Gasteiger partial charge in [0.1, 0.15) is 11.6 Å². The van der Waals surface area contributed by atoms with Crippen LogP contribution in [0.3, 0.4) is 0 Å². The molecule has 1 N–H and O–H groups in total. The molecule has 2 heterocycles. The van der Waals surface area contributed by atoms with Gasteiger partial charge in [-0.15, -0.1) is 0 Å². The second kappa shape index (κ2) is 9.16. The Kier molecular flexibility index (Phi) is 6.16. The number of ketones is 1. The summed E-state index contributed by atoms with van der Waals surface area (Å²) in [6, 6.07) is 11.8. The lowest BCUT2D eigenvalue weighted by Crippen LogP contribution is -2.34. The SMILES string of the molecule is CC(=O)c1ccc(OCCCC(=O)N2CC=C(c3c[nH]c4cc(F)ccc34)CC2)cc1. The molecular weight excluding hydrogens is 395 g/mol. The van der Waals surface area contributed by atoms with E-state index in [1.807, 2.05) is 11.1 Å². The van der Waals surface area contributed by atoms with Gasteiger partial charge >= 0.3 is 0 Å². The lowest BCUT2D eigenvalue weighted by Gasteiger charge is -2.26. The number of halogens is 1. The highest BCUT2D eigenvalue weighted by atomic mass is 19.1. The van der Waals surface area contributed by atoms with Crippen LogP contribution in [0.2, 0.25) is 0 Å². The Hall–Kier alpha value is -3.41. The predicted octanol–water partition coefficient (Wildman–Crippen LogP) is 4.98. The Labute approximate surface area is 180 Å². The maximum atomic E-state index is 13.4. The molecule has 1 aliphatic rings. The first kappa shape index (κ1) is 20.8. The number of Topliss-reactive ketones (excluding diaryl/α,β-unsaturated/α-hetero) is 1. The van der Waals surface area contributed by atoms with Gasteiger partial charge in [-0.05, 0) is 67.8 Å². The molecule has 0 atom stereocenters. The van der Waals surface area contributed by atoms with E-state index in [1.165, 1.54) is 24.6 Å². The number of rotatable bonds is 7. The van der Waals surface area contributed by atoms with E-state index >= 15 is 0 Å². The highest BCUT2D eigenvalue weighted by Crippen LogP contribution is 2.29. The number of carbonyl (C=O) groups is 2. The average Bonchev–Trinajstić information content (AvgIpc) is 3.20. The summed E-state index contributed by atoms with van der Waals surface area (Å²) in [5.41, 5.74) is 3.69. The molecule has 0 radical (unpaired) electrons. The van der Waals surface area contributed by atoms with Gasteiger partial charge in [-0.2, -0.15) is 0 Å². The predicted molar refractivity (Wildman–Crippen MR) is 119 cm³/mol. The molecule has 0 fully saturated rings. The van der Waals surface area contributed by atoms with Crippen molar-refractivity contribution >= 4 is 28.2 Å². The minimum atomic E-state index is -0.257. The fourth-order valence-corrected chi connectivity index (χ4v) is 3.86. The fourth-order valence-electron chi connectivity index (χ4n) is 3.86. The zero-order valence-corrected chi connectivity index (χ0v) is 17.5. The molecule has 5 nitrogen and oxygen atoms in total. The minimum Gasteiger partial charge on any atom is -0.494 e. The van der Waals surface area contributed by atoms with Crippen molar-refractivity contribution in [2.75, 3.05) is 19.7 Å². The molecule has 4 rings (SSSR count). The first-order valence-electron chi connectivity index (χ1n) is 10.5. The van der Waals surface area contributed by atoms with E-state index in [0.29, 0.717) is 43.9 Å². The van der Waals surface area contributed by atoms with Crippen molar-refractivity contribution in [1.29, 1.82) is 0 Å². The summed E-state index contributed by atoms with van der Waals surface area (Å²) in [6.45, 7) is 3.23. The number of benzene rings is 2. The number of hydrogen-bond donors (Lipinski definition) is 1. The van der Waals surface area contributed by atoms with Gasteiger partial charge in [-0.3, -0.25) is 9.59 Å². The topological polar surface area (TPSA) is 62.4 Å². The van der Waals surface area contributed by atoms with Gasteiger partial charge in [0, 0.05) is 47.7 Å². The quantitative estimate of drug-likeness (QED) is 0.433. The summed E-state index contributed by atoms with van der Waals surface area (Å²) < 4.78 is 19.1. The number of fused-ring (bicyclic) bond motifs is 1. The summed E-state index contributed by atoms with van der Waals surface area (Å²) in [7, 11) is 0. The van der Waals surface area contributed by atoms with Crippen molar-refractivity contribution in [2.24, 2.45) is 0 Å². The third-order valence-electron chi connectivity index (χ3n) is 5.62. The number of nitrogens with zero attached hydrogens (tertiary/aromatic N) is 1. The monoisotopic (exact) mass is 420 g/mol. The molecule has 0 spiro atoms. The van der Waals surface area contributed by atoms with E-state index in [1.54, 1.807) is 30.3 Å². The molecule has 1 aromatic heterocycles. The van der Waals surface area contributed by atoms with Gasteiger partial charge < -0.3 is 14.6 Å². The summed E-state index contributed by atoms with van der Waals surface area (Å²) in [5, 5.41) is 1.00. The van der Waals surface area contributed by atoms with Crippen molar-refractivity contribution in [3.63, 3.8) is 0 Å². The normalized spacial score (nSPS) is 13.9. The van der Waals surface area contributed by atoms with Crippen LogP contribution in [0.25, 0.3) is 16.5 Å². The van der Waals surface area contributed by atoms with Crippen LogP contribution in [0, 0.1) is 5.82 Å².